The van der Waals surface area contributed by atoms with E-state index in [2.05, 4.69) is 36.0 Å². The number of allylic oxidation sites excluding steroid dienone is 2. The van der Waals surface area contributed by atoms with Gasteiger partial charge in [-0.15, -0.1) is 0 Å². The standard InChI is InChI=1S/C28H42N2O/c1-3-5-7-9-11-13-15-19-25-23-29-28(30-24-25)26-20-16-17-21-27(26)31-22-18-14-12-10-8-6-4-2/h10,12,16-17,20-21,23-24H,3-9,11,13-15,18-19,22H2,1-2H3. The van der Waals surface area contributed by atoms with Crippen molar-refractivity contribution in [3.05, 3.63) is 54.4 Å². The Hall–Kier alpha value is -2.16. The molecule has 0 N–H and O–H groups in total. The first kappa shape index (κ1) is 25.1. The largest absolute Gasteiger partial charge is 0.493 e. The highest BCUT2D eigenvalue weighted by molar-refractivity contribution is 5.63. The molecule has 0 aliphatic rings. The summed E-state index contributed by atoms with van der Waals surface area (Å²) in [5.74, 6) is 1.62. The SMILES string of the molecule is CCCCC=CCCCOc1ccccc1-c1ncc(CCCCCCCCC)cn1. The number of hydrogen-bond acceptors (Lipinski definition) is 3. The number of rotatable bonds is 17. The summed E-state index contributed by atoms with van der Waals surface area (Å²) in [6, 6.07) is 8.10. The molecular formula is C28H42N2O. The molecule has 0 aliphatic carbocycles. The predicted molar refractivity (Wildman–Crippen MR) is 133 cm³/mol. The molecule has 0 fully saturated rings. The number of para-hydroxylation sites is 1. The maximum atomic E-state index is 6.06. The minimum Gasteiger partial charge on any atom is -0.493 e. The van der Waals surface area contributed by atoms with Gasteiger partial charge in [0, 0.05) is 12.4 Å². The normalized spacial score (nSPS) is 11.3. The lowest BCUT2D eigenvalue weighted by atomic mass is 10.1. The predicted octanol–water partition coefficient (Wildman–Crippen LogP) is 8.34. The van der Waals surface area contributed by atoms with Crippen molar-refractivity contribution in [3.63, 3.8) is 0 Å². The van der Waals surface area contributed by atoms with Crippen LogP contribution in [0.4, 0.5) is 0 Å². The minimum absolute atomic E-state index is 0.714. The van der Waals surface area contributed by atoms with Crippen LogP contribution in [-0.4, -0.2) is 16.6 Å². The monoisotopic (exact) mass is 422 g/mol. The topological polar surface area (TPSA) is 35.0 Å². The first-order chi connectivity index (χ1) is 15.3. The fraction of sp³-hybridized carbons (Fsp3) is 0.571. The van der Waals surface area contributed by atoms with Crippen LogP contribution in [0.15, 0.2) is 48.8 Å². The number of hydrogen-bond donors (Lipinski definition) is 0. The van der Waals surface area contributed by atoms with E-state index in [9.17, 15) is 0 Å². The molecule has 0 saturated heterocycles. The average Bonchev–Trinajstić information content (AvgIpc) is 2.81. The number of aromatic nitrogens is 2. The van der Waals surface area contributed by atoms with Gasteiger partial charge in [0.1, 0.15) is 5.75 Å². The zero-order valence-electron chi connectivity index (χ0n) is 19.8. The van der Waals surface area contributed by atoms with Gasteiger partial charge < -0.3 is 4.74 Å². The number of ether oxygens (including phenoxy) is 1. The van der Waals surface area contributed by atoms with Crippen LogP contribution >= 0.6 is 0 Å². The van der Waals surface area contributed by atoms with E-state index in [1.165, 1.54) is 69.8 Å². The van der Waals surface area contributed by atoms with Gasteiger partial charge in [0.25, 0.3) is 0 Å². The third-order valence-electron chi connectivity index (χ3n) is 5.57. The third-order valence-corrected chi connectivity index (χ3v) is 5.57. The molecule has 0 atom stereocenters. The smallest absolute Gasteiger partial charge is 0.162 e. The summed E-state index contributed by atoms with van der Waals surface area (Å²) >= 11 is 0. The number of aryl methyl sites for hydroxylation is 1. The molecule has 3 nitrogen and oxygen atoms in total. The lowest BCUT2D eigenvalue weighted by Gasteiger charge is -2.10. The quantitative estimate of drug-likeness (QED) is 0.190. The lowest BCUT2D eigenvalue weighted by Crippen LogP contribution is -2.00. The van der Waals surface area contributed by atoms with Gasteiger partial charge in [-0.1, -0.05) is 89.5 Å². The fourth-order valence-corrected chi connectivity index (χ4v) is 3.63. The summed E-state index contributed by atoms with van der Waals surface area (Å²) in [5, 5.41) is 0. The van der Waals surface area contributed by atoms with Crippen molar-refractivity contribution in [1.82, 2.24) is 9.97 Å². The molecular weight excluding hydrogens is 380 g/mol. The average molecular weight is 423 g/mol. The maximum absolute atomic E-state index is 6.06. The lowest BCUT2D eigenvalue weighted by molar-refractivity contribution is 0.313. The van der Waals surface area contributed by atoms with Crippen LogP contribution in [0, 0.1) is 0 Å². The molecule has 1 heterocycles. The van der Waals surface area contributed by atoms with Crippen LogP contribution in [0.1, 0.15) is 96.5 Å². The van der Waals surface area contributed by atoms with Gasteiger partial charge in [-0.2, -0.15) is 0 Å². The van der Waals surface area contributed by atoms with E-state index >= 15 is 0 Å². The number of nitrogens with zero attached hydrogens (tertiary/aromatic N) is 2. The van der Waals surface area contributed by atoms with E-state index in [4.69, 9.17) is 4.74 Å². The Kier molecular flexibility index (Phi) is 13.4. The van der Waals surface area contributed by atoms with E-state index in [0.29, 0.717) is 6.61 Å². The van der Waals surface area contributed by atoms with Crippen molar-refractivity contribution in [2.75, 3.05) is 6.61 Å². The summed E-state index contributed by atoms with van der Waals surface area (Å²) in [7, 11) is 0. The van der Waals surface area contributed by atoms with E-state index < -0.39 is 0 Å². The molecule has 170 valence electrons. The highest BCUT2D eigenvalue weighted by Gasteiger charge is 2.08. The Balaban J connectivity index is 1.76. The molecule has 2 aromatic rings. The second kappa shape index (κ2) is 16.5. The van der Waals surface area contributed by atoms with E-state index in [1.54, 1.807) is 0 Å². The van der Waals surface area contributed by atoms with Crippen LogP contribution in [0.25, 0.3) is 11.4 Å². The molecule has 0 bridgehead atoms. The molecule has 0 saturated carbocycles. The molecule has 0 unspecified atom stereocenters. The molecule has 0 spiro atoms. The Morgan fingerprint density at radius 1 is 0.742 bits per heavy atom. The Labute approximate surface area is 190 Å². The molecule has 0 aliphatic heterocycles. The summed E-state index contributed by atoms with van der Waals surface area (Å²) in [6.45, 7) is 5.21. The van der Waals surface area contributed by atoms with E-state index in [-0.39, 0.29) is 0 Å². The van der Waals surface area contributed by atoms with Crippen molar-refractivity contribution in [2.24, 2.45) is 0 Å². The molecule has 1 aromatic heterocycles. The van der Waals surface area contributed by atoms with Crippen molar-refractivity contribution in [2.45, 2.75) is 97.3 Å². The molecule has 31 heavy (non-hydrogen) atoms. The summed E-state index contributed by atoms with van der Waals surface area (Å²) < 4.78 is 6.06. The van der Waals surface area contributed by atoms with Gasteiger partial charge in [-0.05, 0) is 49.8 Å². The van der Waals surface area contributed by atoms with Gasteiger partial charge in [-0.25, -0.2) is 9.97 Å². The minimum atomic E-state index is 0.714. The van der Waals surface area contributed by atoms with Crippen molar-refractivity contribution in [3.8, 4) is 17.1 Å². The second-order valence-electron chi connectivity index (χ2n) is 8.39. The van der Waals surface area contributed by atoms with Gasteiger partial charge in [0.15, 0.2) is 5.82 Å². The molecule has 3 heteroatoms. The summed E-state index contributed by atoms with van der Waals surface area (Å²) in [5.41, 5.74) is 2.20. The van der Waals surface area contributed by atoms with Crippen LogP contribution in [0.2, 0.25) is 0 Å². The number of unbranched alkanes of at least 4 members (excludes halogenated alkanes) is 9. The molecule has 2 rings (SSSR count). The zero-order chi connectivity index (χ0) is 22.0. The Bertz CT molecular complexity index is 724. The van der Waals surface area contributed by atoms with Crippen LogP contribution in [0.5, 0.6) is 5.75 Å². The number of benzene rings is 1. The van der Waals surface area contributed by atoms with Crippen molar-refractivity contribution < 1.29 is 4.74 Å². The zero-order valence-corrected chi connectivity index (χ0v) is 19.8. The van der Waals surface area contributed by atoms with Gasteiger partial charge in [-0.3, -0.25) is 0 Å². The van der Waals surface area contributed by atoms with Crippen molar-refractivity contribution in [1.29, 1.82) is 0 Å². The third kappa shape index (κ3) is 10.6. The van der Waals surface area contributed by atoms with Crippen molar-refractivity contribution >= 4 is 0 Å². The highest BCUT2D eigenvalue weighted by atomic mass is 16.5. The maximum Gasteiger partial charge on any atom is 0.162 e. The summed E-state index contributed by atoms with van der Waals surface area (Å²) in [4.78, 5) is 9.27. The first-order valence-corrected chi connectivity index (χ1v) is 12.5. The fourth-order valence-electron chi connectivity index (χ4n) is 3.63. The van der Waals surface area contributed by atoms with Gasteiger partial charge in [0.2, 0.25) is 0 Å². The summed E-state index contributed by atoms with van der Waals surface area (Å²) in [6.07, 6.45) is 24.7. The van der Waals surface area contributed by atoms with Crippen LogP contribution < -0.4 is 4.74 Å². The van der Waals surface area contributed by atoms with Crippen LogP contribution in [-0.2, 0) is 6.42 Å². The molecule has 0 radical (unpaired) electrons. The first-order valence-electron chi connectivity index (χ1n) is 12.5. The Morgan fingerprint density at radius 2 is 1.39 bits per heavy atom. The van der Waals surface area contributed by atoms with E-state index in [0.717, 1.165) is 36.4 Å². The molecule has 1 aromatic carbocycles. The second-order valence-corrected chi connectivity index (χ2v) is 8.39. The van der Waals surface area contributed by atoms with Gasteiger partial charge in [0.05, 0.1) is 12.2 Å². The van der Waals surface area contributed by atoms with E-state index in [1.807, 2.05) is 36.7 Å². The molecule has 0 amide bonds. The van der Waals surface area contributed by atoms with Gasteiger partial charge >= 0.3 is 0 Å². The highest BCUT2D eigenvalue weighted by Crippen LogP contribution is 2.27. The Morgan fingerprint density at radius 3 is 2.13 bits per heavy atom. The van der Waals surface area contributed by atoms with Crippen LogP contribution in [0.3, 0.4) is 0 Å².